The van der Waals surface area contributed by atoms with Crippen molar-refractivity contribution >= 4 is 55.4 Å². The summed E-state index contributed by atoms with van der Waals surface area (Å²) in [5.74, 6) is -2.82. The number of thiazole rings is 1. The minimum Gasteiger partial charge on any atom is -0.465 e. The van der Waals surface area contributed by atoms with E-state index in [1.54, 1.807) is 20.8 Å². The molecule has 0 unspecified atom stereocenters. The molecule has 4 aliphatic rings. The number of fused-ring (bicyclic) bond motifs is 3. The molecule has 1 aromatic heterocycles. The van der Waals surface area contributed by atoms with Gasteiger partial charge in [-0.15, -0.1) is 0 Å². The van der Waals surface area contributed by atoms with Crippen molar-refractivity contribution in [3.8, 4) is 5.19 Å². The highest BCUT2D eigenvalue weighted by molar-refractivity contribution is 7.91. The largest absolute Gasteiger partial charge is 0.465 e. The van der Waals surface area contributed by atoms with E-state index in [-0.39, 0.29) is 24.6 Å². The topological polar surface area (TPSA) is 173 Å². The number of carbonyl (C=O) groups is 4. The number of rotatable bonds is 6. The summed E-state index contributed by atoms with van der Waals surface area (Å²) in [4.78, 5) is 60.6. The number of allylic oxidation sites excluding steroid dienone is 1. The van der Waals surface area contributed by atoms with Gasteiger partial charge in [-0.1, -0.05) is 36.3 Å². The molecule has 0 radical (unpaired) electrons. The van der Waals surface area contributed by atoms with Crippen molar-refractivity contribution in [2.45, 2.75) is 113 Å². The second-order valence-electron chi connectivity index (χ2n) is 14.3. The van der Waals surface area contributed by atoms with Crippen LogP contribution in [-0.2, 0) is 29.1 Å². The number of alkyl carbamates (subject to hydrolysis) is 1. The first kappa shape index (κ1) is 35.1. The first-order valence-electron chi connectivity index (χ1n) is 16.7. The number of nitrogens with one attached hydrogen (secondary N) is 3. The Labute approximate surface area is 288 Å². The fourth-order valence-electron chi connectivity index (χ4n) is 6.37. The maximum Gasteiger partial charge on any atom is 0.408 e. The lowest BCUT2D eigenvalue weighted by molar-refractivity contribution is -0.141. The summed E-state index contributed by atoms with van der Waals surface area (Å²) in [5, 5.41) is 5.13. The van der Waals surface area contributed by atoms with Crippen molar-refractivity contribution in [3.05, 3.63) is 36.2 Å². The molecule has 2 aliphatic carbocycles. The van der Waals surface area contributed by atoms with E-state index < -0.39 is 80.2 Å². The van der Waals surface area contributed by atoms with Crippen LogP contribution < -0.4 is 20.1 Å². The van der Waals surface area contributed by atoms with Crippen LogP contribution in [0.3, 0.4) is 0 Å². The molecule has 13 nitrogen and oxygen atoms in total. The Hall–Kier alpha value is -3.79. The van der Waals surface area contributed by atoms with Gasteiger partial charge in [0.15, 0.2) is 0 Å². The zero-order chi connectivity index (χ0) is 35.1. The SMILES string of the molecule is CC(C)(C)OC(=O)N[C@H]1CCCCC/C=C\[C@@H]2C[C@@]2(C(=O)NS(=O)(=O)C2CC2)NC(=O)[C@@H]2C[C@@H](Oc3nc4ccc(F)cc4s3)CN2C1=O. The van der Waals surface area contributed by atoms with E-state index in [9.17, 15) is 32.0 Å². The Bertz CT molecular complexity index is 1770. The van der Waals surface area contributed by atoms with E-state index in [2.05, 4.69) is 20.3 Å². The fraction of sp³-hybridized carbons (Fsp3) is 0.606. The molecule has 1 saturated heterocycles. The van der Waals surface area contributed by atoms with Gasteiger partial charge in [0, 0.05) is 12.3 Å². The zero-order valence-corrected chi connectivity index (χ0v) is 29.3. The molecule has 3 N–H and O–H groups in total. The number of hydrogen-bond acceptors (Lipinski definition) is 10. The Kier molecular flexibility index (Phi) is 9.65. The highest BCUT2D eigenvalue weighted by atomic mass is 32.2. The average Bonchev–Trinajstić information content (AvgIpc) is 3.90. The standard InChI is InChI=1S/C33H42FN5O8S2/c1-32(2,3)47-30(43)35-24-10-8-6-4-5-7-9-19-17-33(19,29(42)38-49(44,45)22-12-13-22)37-27(40)25-16-21(18-39(25)28(24)41)46-31-36-23-14-11-20(34)15-26(23)48-31/h7,9,11,14-15,19,21-22,24-25H,4-6,8,10,12-13,16-18H2,1-3H3,(H,35,43)(H,37,40)(H,38,42)/b9-7-/t19-,21-,24+,25+,33-/m1/s1. The predicted octanol–water partition coefficient (Wildman–Crippen LogP) is 3.68. The third-order valence-corrected chi connectivity index (χ3v) is 11.9. The third-order valence-electron chi connectivity index (χ3n) is 9.13. The number of halogens is 1. The summed E-state index contributed by atoms with van der Waals surface area (Å²) >= 11 is 1.13. The third kappa shape index (κ3) is 8.17. The zero-order valence-electron chi connectivity index (χ0n) is 27.7. The van der Waals surface area contributed by atoms with Crippen LogP contribution in [0.4, 0.5) is 9.18 Å². The summed E-state index contributed by atoms with van der Waals surface area (Å²) in [6.07, 6.45) is 6.60. The lowest BCUT2D eigenvalue weighted by Gasteiger charge is -2.30. The summed E-state index contributed by atoms with van der Waals surface area (Å²) in [6.45, 7) is 5.10. The number of sulfonamides is 1. The van der Waals surface area contributed by atoms with Gasteiger partial charge in [0.25, 0.3) is 11.1 Å². The van der Waals surface area contributed by atoms with Gasteiger partial charge >= 0.3 is 6.09 Å². The van der Waals surface area contributed by atoms with Gasteiger partial charge in [-0.3, -0.25) is 19.1 Å². The minimum absolute atomic E-state index is 0.0274. The van der Waals surface area contributed by atoms with Crippen LogP contribution in [0.2, 0.25) is 0 Å². The second-order valence-corrected chi connectivity index (χ2v) is 17.2. The lowest BCUT2D eigenvalue weighted by atomic mass is 10.0. The van der Waals surface area contributed by atoms with Crippen LogP contribution in [0.15, 0.2) is 30.4 Å². The fourth-order valence-corrected chi connectivity index (χ4v) is 8.64. The van der Waals surface area contributed by atoms with Crippen LogP contribution in [0.1, 0.15) is 78.6 Å². The van der Waals surface area contributed by atoms with Gasteiger partial charge in [-0.25, -0.2) is 22.6 Å². The monoisotopic (exact) mass is 719 g/mol. The van der Waals surface area contributed by atoms with Crippen LogP contribution >= 0.6 is 11.3 Å². The predicted molar refractivity (Wildman–Crippen MR) is 179 cm³/mol. The van der Waals surface area contributed by atoms with Gasteiger partial charge in [0.2, 0.25) is 21.8 Å². The molecule has 2 aromatic rings. The Morgan fingerprint density at radius 2 is 1.92 bits per heavy atom. The van der Waals surface area contributed by atoms with Gasteiger partial charge in [0.1, 0.15) is 35.1 Å². The van der Waals surface area contributed by atoms with Crippen LogP contribution in [0.5, 0.6) is 5.19 Å². The minimum atomic E-state index is -3.89. The lowest BCUT2D eigenvalue weighted by Crippen LogP contribution is -2.58. The van der Waals surface area contributed by atoms with Crippen molar-refractivity contribution in [3.63, 3.8) is 0 Å². The molecule has 6 rings (SSSR count). The first-order valence-corrected chi connectivity index (χ1v) is 19.1. The number of amides is 4. The Morgan fingerprint density at radius 1 is 1.14 bits per heavy atom. The van der Waals surface area contributed by atoms with Crippen LogP contribution in [0, 0.1) is 11.7 Å². The van der Waals surface area contributed by atoms with Crippen molar-refractivity contribution in [1.82, 2.24) is 25.2 Å². The van der Waals surface area contributed by atoms with Gasteiger partial charge in [-0.05, 0) is 77.5 Å². The molecular formula is C33H42FN5O8S2. The molecule has 49 heavy (non-hydrogen) atoms. The molecule has 5 atom stereocenters. The molecule has 3 heterocycles. The molecule has 266 valence electrons. The molecule has 2 saturated carbocycles. The maximum atomic E-state index is 14.3. The molecule has 16 heteroatoms. The molecule has 1 aromatic carbocycles. The van der Waals surface area contributed by atoms with E-state index in [1.165, 1.54) is 23.1 Å². The first-order chi connectivity index (χ1) is 23.1. The van der Waals surface area contributed by atoms with Crippen LogP contribution in [0.25, 0.3) is 10.2 Å². The van der Waals surface area contributed by atoms with Crippen molar-refractivity contribution < 1.29 is 41.5 Å². The molecule has 0 spiro atoms. The molecule has 4 amide bonds. The number of nitrogens with zero attached hydrogens (tertiary/aromatic N) is 2. The highest BCUT2D eigenvalue weighted by Gasteiger charge is 2.62. The Morgan fingerprint density at radius 3 is 2.65 bits per heavy atom. The molecule has 3 fully saturated rings. The van der Waals surface area contributed by atoms with E-state index in [4.69, 9.17) is 9.47 Å². The van der Waals surface area contributed by atoms with Gasteiger partial charge in [0.05, 0.1) is 22.0 Å². The van der Waals surface area contributed by atoms with E-state index >= 15 is 0 Å². The molecule has 0 bridgehead atoms. The smallest absolute Gasteiger partial charge is 0.408 e. The number of hydrogen-bond donors (Lipinski definition) is 3. The summed E-state index contributed by atoms with van der Waals surface area (Å²) in [5.41, 5.74) is -1.78. The van der Waals surface area contributed by atoms with E-state index in [0.717, 1.165) is 24.2 Å². The van der Waals surface area contributed by atoms with Gasteiger partial charge < -0.3 is 25.0 Å². The number of benzene rings is 1. The number of ether oxygens (including phenoxy) is 2. The number of aromatic nitrogens is 1. The quantitative estimate of drug-likeness (QED) is 0.377. The maximum absolute atomic E-state index is 14.3. The summed E-state index contributed by atoms with van der Waals surface area (Å²) < 4.78 is 53.6. The van der Waals surface area contributed by atoms with Crippen LogP contribution in [-0.4, -0.2) is 83.2 Å². The molecule has 2 aliphatic heterocycles. The van der Waals surface area contributed by atoms with Crippen molar-refractivity contribution in [2.75, 3.05) is 6.54 Å². The van der Waals surface area contributed by atoms with Gasteiger partial charge in [-0.2, -0.15) is 0 Å². The Balaban J connectivity index is 1.28. The second kappa shape index (κ2) is 13.5. The number of carbonyl (C=O) groups excluding carboxylic acids is 4. The molecular weight excluding hydrogens is 678 g/mol. The normalized spacial score (nSPS) is 28.7. The van der Waals surface area contributed by atoms with E-state index in [1.807, 2.05) is 12.2 Å². The summed E-state index contributed by atoms with van der Waals surface area (Å²) in [6, 6.07) is 2.04. The van der Waals surface area contributed by atoms with Crippen molar-refractivity contribution in [2.24, 2.45) is 5.92 Å². The van der Waals surface area contributed by atoms with E-state index in [0.29, 0.717) is 42.3 Å². The highest BCUT2D eigenvalue weighted by Crippen LogP contribution is 2.46. The summed E-state index contributed by atoms with van der Waals surface area (Å²) in [7, 11) is -3.89. The van der Waals surface area contributed by atoms with Crippen molar-refractivity contribution in [1.29, 1.82) is 0 Å². The average molecular weight is 720 g/mol.